The molecule has 1 fully saturated rings. The van der Waals surface area contributed by atoms with E-state index in [-0.39, 0.29) is 17.8 Å². The molecule has 1 aliphatic rings. The third-order valence-electron chi connectivity index (χ3n) is 5.09. The summed E-state index contributed by atoms with van der Waals surface area (Å²) in [5.41, 5.74) is 1.99. The van der Waals surface area contributed by atoms with Gasteiger partial charge in [-0.2, -0.15) is 0 Å². The van der Waals surface area contributed by atoms with Crippen LogP contribution in [0.2, 0.25) is 0 Å². The van der Waals surface area contributed by atoms with E-state index in [9.17, 15) is 9.18 Å². The first-order valence-corrected chi connectivity index (χ1v) is 10.0. The Morgan fingerprint density at radius 2 is 1.89 bits per heavy atom. The minimum absolute atomic E-state index is 0.0562. The molecule has 28 heavy (non-hydrogen) atoms. The second-order valence-corrected chi connectivity index (χ2v) is 7.33. The molecule has 0 spiro atoms. The van der Waals surface area contributed by atoms with Crippen molar-refractivity contribution in [3.05, 3.63) is 71.5 Å². The fourth-order valence-corrected chi connectivity index (χ4v) is 3.63. The summed E-state index contributed by atoms with van der Waals surface area (Å²) in [4.78, 5) is 16.9. The quantitative estimate of drug-likeness (QED) is 0.658. The SMILES string of the molecule is CCN(Cc1cccc(F)c1)C(=O)CN(Cc1ccccc1)CC1CCCO1. The van der Waals surface area contributed by atoms with Crippen molar-refractivity contribution in [2.45, 2.75) is 39.0 Å². The monoisotopic (exact) mass is 384 g/mol. The molecular weight excluding hydrogens is 355 g/mol. The lowest BCUT2D eigenvalue weighted by molar-refractivity contribution is -0.133. The van der Waals surface area contributed by atoms with E-state index < -0.39 is 0 Å². The predicted octanol–water partition coefficient (Wildman–Crippen LogP) is 3.86. The van der Waals surface area contributed by atoms with Gasteiger partial charge in [-0.1, -0.05) is 42.5 Å². The molecule has 0 aromatic heterocycles. The average molecular weight is 384 g/mol. The third kappa shape index (κ3) is 6.14. The van der Waals surface area contributed by atoms with Crippen molar-refractivity contribution in [1.29, 1.82) is 0 Å². The van der Waals surface area contributed by atoms with Crippen LogP contribution in [0, 0.1) is 5.82 Å². The zero-order valence-electron chi connectivity index (χ0n) is 16.5. The Balaban J connectivity index is 1.65. The van der Waals surface area contributed by atoms with Crippen LogP contribution in [-0.2, 0) is 22.6 Å². The van der Waals surface area contributed by atoms with Gasteiger partial charge in [0.25, 0.3) is 0 Å². The first-order chi connectivity index (χ1) is 13.6. The molecule has 5 heteroatoms. The van der Waals surface area contributed by atoms with E-state index in [1.165, 1.54) is 17.7 Å². The topological polar surface area (TPSA) is 32.8 Å². The maximum Gasteiger partial charge on any atom is 0.237 e. The summed E-state index contributed by atoms with van der Waals surface area (Å²) in [6.07, 6.45) is 2.31. The molecule has 2 aromatic rings. The van der Waals surface area contributed by atoms with Crippen molar-refractivity contribution in [3.63, 3.8) is 0 Å². The fourth-order valence-electron chi connectivity index (χ4n) is 3.63. The summed E-state index contributed by atoms with van der Waals surface area (Å²) < 4.78 is 19.3. The zero-order chi connectivity index (χ0) is 19.8. The van der Waals surface area contributed by atoms with Gasteiger partial charge in [-0.15, -0.1) is 0 Å². The number of hydrogen-bond acceptors (Lipinski definition) is 3. The molecule has 1 unspecified atom stereocenters. The number of hydrogen-bond donors (Lipinski definition) is 0. The molecule has 4 nitrogen and oxygen atoms in total. The van der Waals surface area contributed by atoms with Gasteiger partial charge < -0.3 is 9.64 Å². The number of likely N-dealkylation sites (N-methyl/N-ethyl adjacent to an activating group) is 1. The summed E-state index contributed by atoms with van der Waals surface area (Å²) in [5, 5.41) is 0. The average Bonchev–Trinajstić information content (AvgIpc) is 3.20. The summed E-state index contributed by atoms with van der Waals surface area (Å²) in [6, 6.07) is 16.6. The Labute approximate surface area is 166 Å². The highest BCUT2D eigenvalue weighted by molar-refractivity contribution is 5.78. The number of halogens is 1. The van der Waals surface area contributed by atoms with Crippen LogP contribution in [0.3, 0.4) is 0 Å². The predicted molar refractivity (Wildman–Crippen MR) is 108 cm³/mol. The molecule has 3 rings (SSSR count). The van der Waals surface area contributed by atoms with Gasteiger partial charge >= 0.3 is 0 Å². The Kier molecular flexibility index (Phi) is 7.57. The molecule has 1 saturated heterocycles. The number of rotatable bonds is 9. The number of nitrogens with zero attached hydrogens (tertiary/aromatic N) is 2. The molecule has 0 N–H and O–H groups in total. The van der Waals surface area contributed by atoms with E-state index >= 15 is 0 Å². The minimum atomic E-state index is -0.273. The molecule has 0 saturated carbocycles. The summed E-state index contributed by atoms with van der Waals surface area (Å²) in [7, 11) is 0. The van der Waals surface area contributed by atoms with Gasteiger partial charge in [0.15, 0.2) is 0 Å². The van der Waals surface area contributed by atoms with E-state index in [0.717, 1.165) is 31.6 Å². The number of amides is 1. The van der Waals surface area contributed by atoms with Crippen molar-refractivity contribution in [2.75, 3.05) is 26.2 Å². The number of carbonyl (C=O) groups is 1. The Morgan fingerprint density at radius 1 is 1.11 bits per heavy atom. The first-order valence-electron chi connectivity index (χ1n) is 10.0. The molecule has 1 atom stereocenters. The third-order valence-corrected chi connectivity index (χ3v) is 5.09. The first kappa shape index (κ1) is 20.5. The lowest BCUT2D eigenvalue weighted by Crippen LogP contribution is -2.42. The maximum atomic E-state index is 13.5. The maximum absolute atomic E-state index is 13.5. The molecule has 0 aliphatic carbocycles. The molecule has 1 heterocycles. The van der Waals surface area contributed by atoms with Crippen molar-refractivity contribution >= 4 is 5.91 Å². The van der Waals surface area contributed by atoms with Gasteiger partial charge in [0.1, 0.15) is 5.82 Å². The normalized spacial score (nSPS) is 16.5. The van der Waals surface area contributed by atoms with Crippen LogP contribution in [0.1, 0.15) is 30.9 Å². The number of ether oxygens (including phenoxy) is 1. The zero-order valence-corrected chi connectivity index (χ0v) is 16.5. The Bertz CT molecular complexity index is 747. The highest BCUT2D eigenvalue weighted by atomic mass is 19.1. The largest absolute Gasteiger partial charge is 0.377 e. The van der Waals surface area contributed by atoms with Gasteiger partial charge in [0.05, 0.1) is 12.6 Å². The summed E-state index contributed by atoms with van der Waals surface area (Å²) in [6.45, 7) is 5.57. The van der Waals surface area contributed by atoms with Crippen LogP contribution in [0.4, 0.5) is 4.39 Å². The molecule has 150 valence electrons. The highest BCUT2D eigenvalue weighted by Crippen LogP contribution is 2.16. The van der Waals surface area contributed by atoms with Crippen molar-refractivity contribution in [1.82, 2.24) is 9.80 Å². The van der Waals surface area contributed by atoms with E-state index in [1.807, 2.05) is 31.2 Å². The molecule has 2 aromatic carbocycles. The van der Waals surface area contributed by atoms with Crippen LogP contribution in [0.5, 0.6) is 0 Å². The van der Waals surface area contributed by atoms with Gasteiger partial charge in [-0.05, 0) is 43.0 Å². The van der Waals surface area contributed by atoms with Crippen LogP contribution in [0.25, 0.3) is 0 Å². The molecule has 1 aliphatic heterocycles. The van der Waals surface area contributed by atoms with Crippen molar-refractivity contribution in [2.24, 2.45) is 0 Å². The van der Waals surface area contributed by atoms with Crippen LogP contribution in [0.15, 0.2) is 54.6 Å². The van der Waals surface area contributed by atoms with Crippen LogP contribution >= 0.6 is 0 Å². The standard InChI is InChI=1S/C23H29FN2O2/c1-2-26(16-20-10-6-11-21(24)14-20)23(27)18-25(17-22-12-7-13-28-22)15-19-8-4-3-5-9-19/h3-6,8-11,14,22H,2,7,12-13,15-18H2,1H3. The van der Waals surface area contributed by atoms with E-state index in [2.05, 4.69) is 17.0 Å². The van der Waals surface area contributed by atoms with Crippen LogP contribution in [-0.4, -0.2) is 48.1 Å². The summed E-state index contributed by atoms with van der Waals surface area (Å²) >= 11 is 0. The second-order valence-electron chi connectivity index (χ2n) is 7.33. The summed E-state index contributed by atoms with van der Waals surface area (Å²) in [5.74, 6) is -0.217. The lowest BCUT2D eigenvalue weighted by Gasteiger charge is -2.28. The van der Waals surface area contributed by atoms with Gasteiger partial charge in [0.2, 0.25) is 5.91 Å². The van der Waals surface area contributed by atoms with Crippen molar-refractivity contribution in [3.8, 4) is 0 Å². The van der Waals surface area contributed by atoms with Crippen LogP contribution < -0.4 is 0 Å². The van der Waals surface area contributed by atoms with Gasteiger partial charge in [-0.25, -0.2) is 4.39 Å². The van der Waals surface area contributed by atoms with Gasteiger partial charge in [0, 0.05) is 32.8 Å². The molecule has 0 radical (unpaired) electrons. The van der Waals surface area contributed by atoms with E-state index in [1.54, 1.807) is 11.0 Å². The number of carbonyl (C=O) groups excluding carboxylic acids is 1. The fraction of sp³-hybridized carbons (Fsp3) is 0.435. The smallest absolute Gasteiger partial charge is 0.237 e. The molecule has 0 bridgehead atoms. The Morgan fingerprint density at radius 3 is 2.57 bits per heavy atom. The van der Waals surface area contributed by atoms with E-state index in [0.29, 0.717) is 26.2 Å². The molecular formula is C23H29FN2O2. The lowest BCUT2D eigenvalue weighted by atomic mass is 10.1. The van der Waals surface area contributed by atoms with Crippen molar-refractivity contribution < 1.29 is 13.9 Å². The van der Waals surface area contributed by atoms with E-state index in [4.69, 9.17) is 4.74 Å². The second kappa shape index (κ2) is 10.3. The minimum Gasteiger partial charge on any atom is -0.377 e. The highest BCUT2D eigenvalue weighted by Gasteiger charge is 2.23. The van der Waals surface area contributed by atoms with Gasteiger partial charge in [-0.3, -0.25) is 9.69 Å². The number of benzene rings is 2. The molecule has 1 amide bonds. The Hall–Kier alpha value is -2.24.